The molecule has 0 radical (unpaired) electrons. The first-order valence-electron chi connectivity index (χ1n) is 6.72. The van der Waals surface area contributed by atoms with E-state index in [4.69, 9.17) is 4.74 Å². The van der Waals surface area contributed by atoms with Crippen molar-refractivity contribution in [1.29, 1.82) is 0 Å². The maximum absolute atomic E-state index is 5.46. The van der Waals surface area contributed by atoms with Gasteiger partial charge in [-0.3, -0.25) is 0 Å². The lowest BCUT2D eigenvalue weighted by atomic mass is 10.1. The Bertz CT molecular complexity index is 546. The van der Waals surface area contributed by atoms with Crippen LogP contribution in [-0.4, -0.2) is 7.11 Å². The van der Waals surface area contributed by atoms with E-state index in [9.17, 15) is 0 Å². The van der Waals surface area contributed by atoms with Crippen LogP contribution in [0.1, 0.15) is 29.3 Å². The van der Waals surface area contributed by atoms with E-state index in [2.05, 4.69) is 41.9 Å². The van der Waals surface area contributed by atoms with E-state index in [1.54, 1.807) is 7.11 Å². The van der Waals surface area contributed by atoms with Crippen LogP contribution in [0, 0.1) is 12.8 Å². The number of thiophene rings is 1. The lowest BCUT2D eigenvalue weighted by Crippen LogP contribution is -2.12. The molecule has 2 nitrogen and oxygen atoms in total. The minimum absolute atomic E-state index is 0.427. The van der Waals surface area contributed by atoms with Gasteiger partial charge in [0.05, 0.1) is 18.8 Å². The molecule has 19 heavy (non-hydrogen) atoms. The predicted octanol–water partition coefficient (Wildman–Crippen LogP) is 4.63. The van der Waals surface area contributed by atoms with Crippen LogP contribution in [0.25, 0.3) is 0 Å². The van der Waals surface area contributed by atoms with Gasteiger partial charge in [-0.25, -0.2) is 0 Å². The van der Waals surface area contributed by atoms with Gasteiger partial charge in [-0.2, -0.15) is 0 Å². The molecule has 100 valence electrons. The Morgan fingerprint density at radius 2 is 2.16 bits per heavy atom. The van der Waals surface area contributed by atoms with Crippen LogP contribution >= 0.6 is 11.3 Å². The second-order valence-electron chi connectivity index (χ2n) is 5.18. The van der Waals surface area contributed by atoms with Crippen LogP contribution in [-0.2, 0) is 0 Å². The maximum Gasteiger partial charge on any atom is 0.141 e. The number of rotatable bonds is 5. The van der Waals surface area contributed by atoms with Gasteiger partial charge in [-0.05, 0) is 54.8 Å². The standard InChI is InChI=1S/C16H19NOS/c1-11-5-8-14(18-2)13(10-11)17-16(12-6-7-12)15-4-3-9-19-15/h3-5,8-10,12,16-17H,6-7H2,1-2H3. The van der Waals surface area contributed by atoms with E-state index in [1.165, 1.54) is 23.3 Å². The molecule has 0 amide bonds. The highest BCUT2D eigenvalue weighted by Crippen LogP contribution is 2.45. The zero-order chi connectivity index (χ0) is 13.2. The monoisotopic (exact) mass is 273 g/mol. The summed E-state index contributed by atoms with van der Waals surface area (Å²) in [4.78, 5) is 1.42. The minimum atomic E-state index is 0.427. The van der Waals surface area contributed by atoms with Gasteiger partial charge in [0.1, 0.15) is 5.75 Å². The normalized spacial score (nSPS) is 16.1. The summed E-state index contributed by atoms with van der Waals surface area (Å²) in [6, 6.07) is 11.1. The summed E-state index contributed by atoms with van der Waals surface area (Å²) in [5.41, 5.74) is 2.36. The van der Waals surface area contributed by atoms with Crippen molar-refractivity contribution in [3.63, 3.8) is 0 Å². The van der Waals surface area contributed by atoms with Crippen molar-refractivity contribution in [2.45, 2.75) is 25.8 Å². The number of aryl methyl sites for hydroxylation is 1. The van der Waals surface area contributed by atoms with Gasteiger partial charge in [0.15, 0.2) is 0 Å². The first-order chi connectivity index (χ1) is 9.28. The summed E-state index contributed by atoms with van der Waals surface area (Å²) in [5.74, 6) is 1.69. The smallest absolute Gasteiger partial charge is 0.141 e. The molecule has 1 N–H and O–H groups in total. The number of methoxy groups -OCH3 is 1. The van der Waals surface area contributed by atoms with Gasteiger partial charge in [0.2, 0.25) is 0 Å². The molecule has 0 saturated heterocycles. The third kappa shape index (κ3) is 2.76. The number of benzene rings is 1. The summed E-state index contributed by atoms with van der Waals surface area (Å²) in [5, 5.41) is 5.84. The highest BCUT2D eigenvalue weighted by molar-refractivity contribution is 7.10. The summed E-state index contributed by atoms with van der Waals surface area (Å²) < 4.78 is 5.46. The molecule has 1 aromatic carbocycles. The molecule has 0 spiro atoms. The van der Waals surface area contributed by atoms with Gasteiger partial charge in [-0.15, -0.1) is 11.3 Å². The Morgan fingerprint density at radius 1 is 1.32 bits per heavy atom. The van der Waals surface area contributed by atoms with E-state index in [0.29, 0.717) is 6.04 Å². The van der Waals surface area contributed by atoms with Crippen LogP contribution in [0.5, 0.6) is 5.75 Å². The van der Waals surface area contributed by atoms with Gasteiger partial charge in [0.25, 0.3) is 0 Å². The zero-order valence-corrected chi connectivity index (χ0v) is 12.2. The highest BCUT2D eigenvalue weighted by Gasteiger charge is 2.33. The molecule has 1 atom stereocenters. The van der Waals surface area contributed by atoms with Crippen molar-refractivity contribution in [3.05, 3.63) is 46.2 Å². The summed E-state index contributed by atoms with van der Waals surface area (Å²) in [6.07, 6.45) is 2.65. The van der Waals surface area contributed by atoms with Gasteiger partial charge < -0.3 is 10.1 Å². The van der Waals surface area contributed by atoms with Gasteiger partial charge in [0, 0.05) is 4.88 Å². The summed E-state index contributed by atoms with van der Waals surface area (Å²) in [7, 11) is 1.73. The number of anilines is 1. The fraction of sp³-hybridized carbons (Fsp3) is 0.375. The van der Waals surface area contributed by atoms with Crippen molar-refractivity contribution in [1.82, 2.24) is 0 Å². The predicted molar refractivity (Wildman–Crippen MR) is 81.1 cm³/mol. The molecule has 1 aliphatic carbocycles. The molecule has 1 aliphatic rings. The van der Waals surface area contributed by atoms with E-state index in [1.807, 2.05) is 17.4 Å². The molecular formula is C16H19NOS. The minimum Gasteiger partial charge on any atom is -0.495 e. The number of nitrogens with one attached hydrogen (secondary N) is 1. The van der Waals surface area contributed by atoms with Crippen LogP contribution in [0.2, 0.25) is 0 Å². The molecular weight excluding hydrogens is 254 g/mol. The lowest BCUT2D eigenvalue weighted by molar-refractivity contribution is 0.415. The summed E-state index contributed by atoms with van der Waals surface area (Å²) >= 11 is 1.83. The number of hydrogen-bond acceptors (Lipinski definition) is 3. The Labute approximate surface area is 118 Å². The molecule has 1 aromatic heterocycles. The molecule has 0 bridgehead atoms. The van der Waals surface area contributed by atoms with E-state index >= 15 is 0 Å². The lowest BCUT2D eigenvalue weighted by Gasteiger charge is -2.20. The topological polar surface area (TPSA) is 21.3 Å². The molecule has 2 aromatic rings. The van der Waals surface area contributed by atoms with Crippen molar-refractivity contribution in [3.8, 4) is 5.75 Å². The third-order valence-electron chi connectivity index (χ3n) is 3.61. The van der Waals surface area contributed by atoms with Gasteiger partial charge in [-0.1, -0.05) is 12.1 Å². The van der Waals surface area contributed by atoms with E-state index in [-0.39, 0.29) is 0 Å². The molecule has 1 unspecified atom stereocenters. The molecule has 1 fully saturated rings. The largest absolute Gasteiger partial charge is 0.495 e. The van der Waals surface area contributed by atoms with Gasteiger partial charge >= 0.3 is 0 Å². The first kappa shape index (κ1) is 12.5. The second-order valence-corrected chi connectivity index (χ2v) is 6.16. The average Bonchev–Trinajstić information content (AvgIpc) is 3.11. The van der Waals surface area contributed by atoms with Crippen LogP contribution in [0.15, 0.2) is 35.7 Å². The van der Waals surface area contributed by atoms with Crippen LogP contribution in [0.3, 0.4) is 0 Å². The van der Waals surface area contributed by atoms with Crippen molar-refractivity contribution in [2.75, 3.05) is 12.4 Å². The second kappa shape index (κ2) is 5.25. The van der Waals surface area contributed by atoms with E-state index < -0.39 is 0 Å². The first-order valence-corrected chi connectivity index (χ1v) is 7.60. The van der Waals surface area contributed by atoms with Crippen LogP contribution in [0.4, 0.5) is 5.69 Å². The number of hydrogen-bond donors (Lipinski definition) is 1. The Kier molecular flexibility index (Phi) is 3.47. The fourth-order valence-electron chi connectivity index (χ4n) is 2.42. The van der Waals surface area contributed by atoms with Crippen molar-refractivity contribution in [2.24, 2.45) is 5.92 Å². The average molecular weight is 273 g/mol. The van der Waals surface area contributed by atoms with E-state index in [0.717, 1.165) is 17.4 Å². The summed E-state index contributed by atoms with van der Waals surface area (Å²) in [6.45, 7) is 2.11. The zero-order valence-electron chi connectivity index (χ0n) is 11.3. The maximum atomic E-state index is 5.46. The Hall–Kier alpha value is -1.48. The number of ether oxygens (including phenoxy) is 1. The molecule has 1 heterocycles. The fourth-order valence-corrected chi connectivity index (χ4v) is 3.29. The quantitative estimate of drug-likeness (QED) is 0.857. The molecule has 3 rings (SSSR count). The molecule has 1 saturated carbocycles. The Morgan fingerprint density at radius 3 is 2.79 bits per heavy atom. The Balaban J connectivity index is 1.88. The highest BCUT2D eigenvalue weighted by atomic mass is 32.1. The van der Waals surface area contributed by atoms with Crippen molar-refractivity contribution >= 4 is 17.0 Å². The molecule has 0 aliphatic heterocycles. The SMILES string of the molecule is COc1ccc(C)cc1NC(c1cccs1)C1CC1. The van der Waals surface area contributed by atoms with Crippen molar-refractivity contribution < 1.29 is 4.74 Å². The van der Waals surface area contributed by atoms with Crippen LogP contribution < -0.4 is 10.1 Å². The molecule has 3 heteroatoms. The third-order valence-corrected chi connectivity index (χ3v) is 4.56.